The number of aliphatic hydroxyl groups is 1. The number of hydrogen-bond donors (Lipinski definition) is 1. The third-order valence-corrected chi connectivity index (χ3v) is 3.47. The maximum absolute atomic E-state index is 14.3. The monoisotopic (exact) mass is 314 g/mol. The molecule has 0 saturated carbocycles. The van der Waals surface area contributed by atoms with E-state index in [1.54, 1.807) is 25.1 Å². The minimum Gasteiger partial charge on any atom is -0.457 e. The number of halogens is 1. The zero-order valence-electron chi connectivity index (χ0n) is 13.2. The molecule has 0 unspecified atom stereocenters. The lowest BCUT2D eigenvalue weighted by molar-refractivity contribution is -0.140. The zero-order chi connectivity index (χ0) is 17.0. The summed E-state index contributed by atoms with van der Waals surface area (Å²) in [6.45, 7) is 6.86. The van der Waals surface area contributed by atoms with Gasteiger partial charge in [-0.15, -0.1) is 0 Å². The molecule has 2 aromatic carbocycles. The molecular formula is C19H19FO3. The van der Waals surface area contributed by atoms with Gasteiger partial charge in [0.2, 0.25) is 0 Å². The highest BCUT2D eigenvalue weighted by atomic mass is 19.1. The van der Waals surface area contributed by atoms with Crippen molar-refractivity contribution >= 4 is 5.97 Å². The molecule has 1 N–H and O–H groups in total. The molecule has 2 aromatic rings. The van der Waals surface area contributed by atoms with Crippen LogP contribution < -0.4 is 0 Å². The quantitative estimate of drug-likeness (QED) is 0.672. The summed E-state index contributed by atoms with van der Waals surface area (Å²) in [6, 6.07) is 10.1. The van der Waals surface area contributed by atoms with Crippen LogP contribution >= 0.6 is 0 Å². The fourth-order valence-electron chi connectivity index (χ4n) is 2.25. The molecule has 3 nitrogen and oxygen atoms in total. The number of carbonyl (C=O) groups is 1. The van der Waals surface area contributed by atoms with Crippen LogP contribution in [0.2, 0.25) is 0 Å². The Balaban J connectivity index is 2.39. The molecule has 2 rings (SSSR count). The number of benzene rings is 2. The van der Waals surface area contributed by atoms with Crippen LogP contribution in [0.1, 0.15) is 23.6 Å². The lowest BCUT2D eigenvalue weighted by Gasteiger charge is -2.13. The Morgan fingerprint density at radius 1 is 1.22 bits per heavy atom. The molecule has 0 fully saturated rings. The van der Waals surface area contributed by atoms with Crippen LogP contribution in [0, 0.1) is 12.7 Å². The van der Waals surface area contributed by atoms with Gasteiger partial charge in [0, 0.05) is 11.1 Å². The molecule has 0 aromatic heterocycles. The Bertz CT molecular complexity index is 750. The molecule has 0 aliphatic carbocycles. The summed E-state index contributed by atoms with van der Waals surface area (Å²) >= 11 is 0. The second-order valence-corrected chi connectivity index (χ2v) is 5.49. The van der Waals surface area contributed by atoms with Gasteiger partial charge in [-0.25, -0.2) is 9.18 Å². The van der Waals surface area contributed by atoms with Crippen molar-refractivity contribution in [1.29, 1.82) is 0 Å². The summed E-state index contributed by atoms with van der Waals surface area (Å²) in [5.74, 6) is -0.901. The highest BCUT2D eigenvalue weighted by molar-refractivity contribution is 5.87. The molecular weight excluding hydrogens is 295 g/mol. The lowest BCUT2D eigenvalue weighted by atomic mass is 9.97. The molecule has 4 heteroatoms. The smallest absolute Gasteiger partial charge is 0.333 e. The summed E-state index contributed by atoms with van der Waals surface area (Å²) in [6.07, 6.45) is 0. The molecule has 0 saturated heterocycles. The first-order chi connectivity index (χ1) is 10.9. The topological polar surface area (TPSA) is 46.5 Å². The first-order valence-corrected chi connectivity index (χ1v) is 7.24. The van der Waals surface area contributed by atoms with Crippen LogP contribution in [-0.2, 0) is 22.7 Å². The number of rotatable bonds is 5. The number of aliphatic hydroxyl groups excluding tert-OH is 1. The molecule has 0 radical (unpaired) electrons. The normalized spacial score (nSPS) is 10.4. The van der Waals surface area contributed by atoms with Crippen LogP contribution in [0.3, 0.4) is 0 Å². The standard InChI is InChI=1S/C19H19FO3/c1-12(2)19(22)23-11-15-8-13(3)4-6-16(15)17-7-5-14(10-21)9-18(17)20/h4-9,21H,1,10-11H2,2-3H3. The van der Waals surface area contributed by atoms with Gasteiger partial charge in [-0.1, -0.05) is 42.5 Å². The molecule has 0 amide bonds. The first-order valence-electron chi connectivity index (χ1n) is 7.24. The number of esters is 1. The molecule has 23 heavy (non-hydrogen) atoms. The Morgan fingerprint density at radius 2 is 1.91 bits per heavy atom. The molecule has 0 spiro atoms. The van der Waals surface area contributed by atoms with E-state index in [1.165, 1.54) is 6.07 Å². The summed E-state index contributed by atoms with van der Waals surface area (Å²) in [7, 11) is 0. The van der Waals surface area contributed by atoms with Crippen molar-refractivity contribution < 1.29 is 19.0 Å². The van der Waals surface area contributed by atoms with Crippen molar-refractivity contribution in [2.45, 2.75) is 27.1 Å². The fourth-order valence-corrected chi connectivity index (χ4v) is 2.25. The second kappa shape index (κ2) is 7.20. The van der Waals surface area contributed by atoms with Crippen LogP contribution in [-0.4, -0.2) is 11.1 Å². The Hall–Kier alpha value is -2.46. The van der Waals surface area contributed by atoms with Crippen molar-refractivity contribution in [2.75, 3.05) is 0 Å². The van der Waals surface area contributed by atoms with Gasteiger partial charge in [-0.05, 0) is 36.6 Å². The SMILES string of the molecule is C=C(C)C(=O)OCc1cc(C)ccc1-c1ccc(CO)cc1F. The van der Waals surface area contributed by atoms with Gasteiger partial charge < -0.3 is 9.84 Å². The van der Waals surface area contributed by atoms with Crippen molar-refractivity contribution in [3.8, 4) is 11.1 Å². The molecule has 0 bridgehead atoms. The van der Waals surface area contributed by atoms with E-state index in [-0.39, 0.29) is 13.2 Å². The molecule has 0 heterocycles. The highest BCUT2D eigenvalue weighted by Gasteiger charge is 2.13. The van der Waals surface area contributed by atoms with Gasteiger partial charge in [0.1, 0.15) is 12.4 Å². The van der Waals surface area contributed by atoms with Crippen molar-refractivity contribution in [2.24, 2.45) is 0 Å². The largest absolute Gasteiger partial charge is 0.457 e. The average Bonchev–Trinajstić information content (AvgIpc) is 2.52. The summed E-state index contributed by atoms with van der Waals surface area (Å²) in [5.41, 5.74) is 3.60. The summed E-state index contributed by atoms with van der Waals surface area (Å²) in [4.78, 5) is 11.6. The molecule has 0 atom stereocenters. The van der Waals surface area contributed by atoms with Gasteiger partial charge >= 0.3 is 5.97 Å². The molecule has 0 aliphatic rings. The third-order valence-electron chi connectivity index (χ3n) is 3.47. The van der Waals surface area contributed by atoms with Crippen molar-refractivity contribution in [1.82, 2.24) is 0 Å². The number of carbonyl (C=O) groups excluding carboxylic acids is 1. The number of hydrogen-bond acceptors (Lipinski definition) is 3. The van der Waals surface area contributed by atoms with Crippen LogP contribution in [0.4, 0.5) is 4.39 Å². The molecule has 120 valence electrons. The number of aryl methyl sites for hydroxylation is 1. The van der Waals surface area contributed by atoms with Crippen LogP contribution in [0.5, 0.6) is 0 Å². The van der Waals surface area contributed by atoms with Crippen LogP contribution in [0.25, 0.3) is 11.1 Å². The Kier molecular flexibility index (Phi) is 5.29. The summed E-state index contributed by atoms with van der Waals surface area (Å²) < 4.78 is 19.5. The van der Waals surface area contributed by atoms with E-state index in [4.69, 9.17) is 9.84 Å². The van der Waals surface area contributed by atoms with E-state index in [0.717, 1.165) is 11.1 Å². The first kappa shape index (κ1) is 16.9. The van der Waals surface area contributed by atoms with Gasteiger partial charge in [-0.2, -0.15) is 0 Å². The average molecular weight is 314 g/mol. The van der Waals surface area contributed by atoms with E-state index in [0.29, 0.717) is 22.3 Å². The van der Waals surface area contributed by atoms with E-state index in [9.17, 15) is 9.18 Å². The maximum atomic E-state index is 14.3. The predicted octanol–water partition coefficient (Wildman–Crippen LogP) is 3.91. The van der Waals surface area contributed by atoms with Crippen molar-refractivity contribution in [3.05, 3.63) is 71.1 Å². The van der Waals surface area contributed by atoms with Gasteiger partial charge in [0.25, 0.3) is 0 Å². The summed E-state index contributed by atoms with van der Waals surface area (Å²) in [5, 5.41) is 9.08. The van der Waals surface area contributed by atoms with Gasteiger partial charge in [0.05, 0.1) is 6.61 Å². The fraction of sp³-hybridized carbons (Fsp3) is 0.211. The van der Waals surface area contributed by atoms with E-state index >= 15 is 0 Å². The maximum Gasteiger partial charge on any atom is 0.333 e. The second-order valence-electron chi connectivity index (χ2n) is 5.49. The third kappa shape index (κ3) is 4.05. The minimum absolute atomic E-state index is 0.0455. The van der Waals surface area contributed by atoms with Gasteiger partial charge in [-0.3, -0.25) is 0 Å². The predicted molar refractivity (Wildman–Crippen MR) is 87.1 cm³/mol. The Labute approximate surface area is 135 Å². The highest BCUT2D eigenvalue weighted by Crippen LogP contribution is 2.28. The van der Waals surface area contributed by atoms with E-state index in [1.807, 2.05) is 19.1 Å². The Morgan fingerprint density at radius 3 is 2.52 bits per heavy atom. The number of ether oxygens (including phenoxy) is 1. The van der Waals surface area contributed by atoms with Crippen molar-refractivity contribution in [3.63, 3.8) is 0 Å². The van der Waals surface area contributed by atoms with Crippen LogP contribution in [0.15, 0.2) is 48.6 Å². The molecule has 0 aliphatic heterocycles. The van der Waals surface area contributed by atoms with E-state index in [2.05, 4.69) is 6.58 Å². The lowest BCUT2D eigenvalue weighted by Crippen LogP contribution is -2.06. The van der Waals surface area contributed by atoms with Gasteiger partial charge in [0.15, 0.2) is 0 Å². The minimum atomic E-state index is -0.478. The van der Waals surface area contributed by atoms with E-state index < -0.39 is 11.8 Å². The zero-order valence-corrected chi connectivity index (χ0v) is 13.2.